The molecule has 0 saturated heterocycles. The van der Waals surface area contributed by atoms with Gasteiger partial charge < -0.3 is 20.3 Å². The van der Waals surface area contributed by atoms with Crippen molar-refractivity contribution < 1.29 is 14.9 Å². The molecular weight excluding hydrogens is 242 g/mol. The van der Waals surface area contributed by atoms with Crippen LogP contribution in [0.1, 0.15) is 5.56 Å². The summed E-state index contributed by atoms with van der Waals surface area (Å²) in [6.45, 7) is 0.699. The molecule has 4 heteroatoms. The van der Waals surface area contributed by atoms with Crippen LogP contribution in [0.25, 0.3) is 10.8 Å². The fourth-order valence-corrected chi connectivity index (χ4v) is 2.12. The van der Waals surface area contributed by atoms with Gasteiger partial charge in [-0.1, -0.05) is 30.3 Å². The van der Waals surface area contributed by atoms with Crippen LogP contribution in [0.3, 0.4) is 0 Å². The highest BCUT2D eigenvalue weighted by atomic mass is 16.5. The Labute approximate surface area is 112 Å². The summed E-state index contributed by atoms with van der Waals surface area (Å²) in [7, 11) is 1.65. The highest BCUT2D eigenvalue weighted by Crippen LogP contribution is 2.27. The highest BCUT2D eigenvalue weighted by molar-refractivity contribution is 5.87. The molecule has 0 aliphatic rings. The van der Waals surface area contributed by atoms with Crippen molar-refractivity contribution in [2.75, 3.05) is 20.3 Å². The Morgan fingerprint density at radius 2 is 2.00 bits per heavy atom. The van der Waals surface area contributed by atoms with E-state index in [0.717, 1.165) is 22.1 Å². The van der Waals surface area contributed by atoms with Gasteiger partial charge in [-0.3, -0.25) is 0 Å². The van der Waals surface area contributed by atoms with Crippen LogP contribution in [0, 0.1) is 0 Å². The minimum Gasteiger partial charge on any atom is -0.496 e. The van der Waals surface area contributed by atoms with Crippen LogP contribution in [0.15, 0.2) is 36.4 Å². The molecule has 0 aromatic heterocycles. The molecular formula is C15H19NO3. The number of methoxy groups -OCH3 is 1. The number of hydrogen-bond donors (Lipinski definition) is 3. The molecule has 2 aromatic rings. The molecule has 1 atom stereocenters. The summed E-state index contributed by atoms with van der Waals surface area (Å²) in [4.78, 5) is 0. The van der Waals surface area contributed by atoms with E-state index in [1.807, 2.05) is 24.3 Å². The molecule has 1 unspecified atom stereocenters. The number of nitrogens with one attached hydrogen (secondary N) is 1. The second-order valence-corrected chi connectivity index (χ2v) is 4.43. The van der Waals surface area contributed by atoms with Gasteiger partial charge in [0.05, 0.1) is 19.8 Å². The predicted molar refractivity (Wildman–Crippen MR) is 75.3 cm³/mol. The van der Waals surface area contributed by atoms with Gasteiger partial charge >= 0.3 is 0 Å². The lowest BCUT2D eigenvalue weighted by atomic mass is 10.0. The van der Waals surface area contributed by atoms with E-state index in [9.17, 15) is 5.11 Å². The molecule has 2 rings (SSSR count). The van der Waals surface area contributed by atoms with Gasteiger partial charge in [0.1, 0.15) is 5.75 Å². The fraction of sp³-hybridized carbons (Fsp3) is 0.333. The van der Waals surface area contributed by atoms with E-state index in [1.54, 1.807) is 7.11 Å². The molecule has 0 radical (unpaired) electrons. The van der Waals surface area contributed by atoms with E-state index in [-0.39, 0.29) is 6.61 Å². The topological polar surface area (TPSA) is 61.7 Å². The third-order valence-corrected chi connectivity index (χ3v) is 3.11. The minimum absolute atomic E-state index is 0.236. The van der Waals surface area contributed by atoms with Crippen molar-refractivity contribution in [3.8, 4) is 5.75 Å². The molecule has 2 aromatic carbocycles. The monoisotopic (exact) mass is 261 g/mol. The van der Waals surface area contributed by atoms with Crippen LogP contribution < -0.4 is 10.1 Å². The number of fused-ring (bicyclic) bond motifs is 1. The van der Waals surface area contributed by atoms with Gasteiger partial charge in [-0.15, -0.1) is 0 Å². The highest BCUT2D eigenvalue weighted by Gasteiger charge is 2.08. The summed E-state index contributed by atoms with van der Waals surface area (Å²) in [5, 5.41) is 23.5. The lowest BCUT2D eigenvalue weighted by Gasteiger charge is -2.14. The summed E-state index contributed by atoms with van der Waals surface area (Å²) in [5.41, 5.74) is 1.06. The maximum atomic E-state index is 9.33. The largest absolute Gasteiger partial charge is 0.496 e. The number of ether oxygens (including phenoxy) is 1. The molecule has 0 aliphatic carbocycles. The molecule has 0 amide bonds. The molecule has 3 N–H and O–H groups in total. The summed E-state index contributed by atoms with van der Waals surface area (Å²) >= 11 is 0. The summed E-state index contributed by atoms with van der Waals surface area (Å²) < 4.78 is 5.39. The zero-order chi connectivity index (χ0) is 13.7. The SMILES string of the molecule is COc1ccc2ccccc2c1CNCC(O)CO. The molecule has 0 bridgehead atoms. The summed E-state index contributed by atoms with van der Waals surface area (Å²) in [6, 6.07) is 12.1. The predicted octanol–water partition coefficient (Wildman–Crippen LogP) is 1.29. The number of benzene rings is 2. The van der Waals surface area contributed by atoms with Crippen molar-refractivity contribution in [2.45, 2.75) is 12.6 Å². The first-order chi connectivity index (χ1) is 9.26. The maximum Gasteiger partial charge on any atom is 0.123 e. The molecule has 0 saturated carbocycles. The molecule has 0 heterocycles. The molecule has 0 spiro atoms. The summed E-state index contributed by atoms with van der Waals surface area (Å²) in [5.74, 6) is 0.824. The van der Waals surface area contributed by atoms with Gasteiger partial charge in [-0.2, -0.15) is 0 Å². The molecule has 0 fully saturated rings. The Bertz CT molecular complexity index is 542. The van der Waals surface area contributed by atoms with Crippen molar-refractivity contribution >= 4 is 10.8 Å². The van der Waals surface area contributed by atoms with E-state index in [2.05, 4.69) is 17.4 Å². The average molecular weight is 261 g/mol. The smallest absolute Gasteiger partial charge is 0.123 e. The second-order valence-electron chi connectivity index (χ2n) is 4.43. The first-order valence-electron chi connectivity index (χ1n) is 6.30. The standard InChI is InChI=1S/C15H19NO3/c1-19-15-7-6-11-4-2-3-5-13(11)14(15)9-16-8-12(18)10-17/h2-7,12,16-18H,8-10H2,1H3. The van der Waals surface area contributed by atoms with Crippen LogP contribution in [0.5, 0.6) is 5.75 Å². The average Bonchev–Trinajstić information content (AvgIpc) is 2.47. The van der Waals surface area contributed by atoms with Gasteiger partial charge in [0.2, 0.25) is 0 Å². The first-order valence-corrected chi connectivity index (χ1v) is 6.30. The van der Waals surface area contributed by atoms with Crippen molar-refractivity contribution in [2.24, 2.45) is 0 Å². The van der Waals surface area contributed by atoms with E-state index in [4.69, 9.17) is 9.84 Å². The zero-order valence-corrected chi connectivity index (χ0v) is 11.0. The quantitative estimate of drug-likeness (QED) is 0.733. The van der Waals surface area contributed by atoms with Crippen molar-refractivity contribution in [3.05, 3.63) is 42.0 Å². The van der Waals surface area contributed by atoms with Gasteiger partial charge in [0, 0.05) is 18.7 Å². The molecule has 19 heavy (non-hydrogen) atoms. The van der Waals surface area contributed by atoms with E-state index in [0.29, 0.717) is 13.1 Å². The van der Waals surface area contributed by atoms with Gasteiger partial charge in [0.25, 0.3) is 0 Å². The van der Waals surface area contributed by atoms with Crippen molar-refractivity contribution in [3.63, 3.8) is 0 Å². The second kappa shape index (κ2) is 6.52. The van der Waals surface area contributed by atoms with E-state index < -0.39 is 6.10 Å². The van der Waals surface area contributed by atoms with Crippen LogP contribution in [-0.4, -0.2) is 36.6 Å². The minimum atomic E-state index is -0.735. The number of aliphatic hydroxyl groups is 2. The van der Waals surface area contributed by atoms with Gasteiger partial charge in [-0.05, 0) is 16.8 Å². The van der Waals surface area contributed by atoms with Gasteiger partial charge in [0.15, 0.2) is 0 Å². The lowest BCUT2D eigenvalue weighted by molar-refractivity contribution is 0.0942. The number of rotatable bonds is 6. The molecule has 0 aliphatic heterocycles. The van der Waals surface area contributed by atoms with E-state index >= 15 is 0 Å². The van der Waals surface area contributed by atoms with Crippen LogP contribution >= 0.6 is 0 Å². The Morgan fingerprint density at radius 1 is 1.21 bits per heavy atom. The third-order valence-electron chi connectivity index (χ3n) is 3.11. The van der Waals surface area contributed by atoms with Gasteiger partial charge in [-0.25, -0.2) is 0 Å². The van der Waals surface area contributed by atoms with Crippen LogP contribution in [0.2, 0.25) is 0 Å². The Hall–Kier alpha value is -1.62. The number of hydrogen-bond acceptors (Lipinski definition) is 4. The van der Waals surface area contributed by atoms with Crippen LogP contribution in [-0.2, 0) is 6.54 Å². The third kappa shape index (κ3) is 3.23. The zero-order valence-electron chi connectivity index (χ0n) is 11.0. The Kier molecular flexibility index (Phi) is 4.74. The first kappa shape index (κ1) is 13.8. The molecule has 4 nitrogen and oxygen atoms in total. The maximum absolute atomic E-state index is 9.33. The van der Waals surface area contributed by atoms with Crippen molar-refractivity contribution in [1.29, 1.82) is 0 Å². The summed E-state index contributed by atoms with van der Waals surface area (Å²) in [6.07, 6.45) is -0.735. The van der Waals surface area contributed by atoms with Crippen LogP contribution in [0.4, 0.5) is 0 Å². The lowest BCUT2D eigenvalue weighted by Crippen LogP contribution is -2.29. The fourth-order valence-electron chi connectivity index (χ4n) is 2.12. The Balaban J connectivity index is 2.23. The van der Waals surface area contributed by atoms with Crippen molar-refractivity contribution in [1.82, 2.24) is 5.32 Å². The number of aliphatic hydroxyl groups excluding tert-OH is 2. The van der Waals surface area contributed by atoms with E-state index in [1.165, 1.54) is 0 Å². The molecule has 102 valence electrons. The Morgan fingerprint density at radius 3 is 2.74 bits per heavy atom. The normalized spacial score (nSPS) is 12.6.